The standard InChI is InChI=1S/C19H21ClN2O5/c1-12-6-4-5-9-19(12)17(25)22(18(26)21-19)10-16(24)27-11-15(23)13-7-2-3-8-14(13)20/h2-3,7-8,12H,4-6,9-11H2,1H3,(H,21,26)/t12-,19-/m0/s1. The van der Waals surface area contributed by atoms with Gasteiger partial charge in [0.25, 0.3) is 5.91 Å². The van der Waals surface area contributed by atoms with Gasteiger partial charge in [-0.1, -0.05) is 43.5 Å². The molecule has 27 heavy (non-hydrogen) atoms. The molecule has 1 spiro atoms. The number of carbonyl (C=O) groups is 4. The van der Waals surface area contributed by atoms with Crippen molar-refractivity contribution >= 4 is 35.3 Å². The van der Waals surface area contributed by atoms with E-state index >= 15 is 0 Å². The Bertz CT molecular complexity index is 796. The number of Topliss-reactive ketones (excluding diaryl/α,β-unsaturated/α-hetero) is 1. The number of benzene rings is 1. The average molecular weight is 393 g/mol. The molecule has 1 aromatic rings. The summed E-state index contributed by atoms with van der Waals surface area (Å²) in [6, 6.07) is 5.84. The molecule has 1 heterocycles. The van der Waals surface area contributed by atoms with Gasteiger partial charge in [-0.25, -0.2) is 4.79 Å². The van der Waals surface area contributed by atoms with Crippen LogP contribution in [0.3, 0.4) is 0 Å². The number of imide groups is 1. The quantitative estimate of drug-likeness (QED) is 0.472. The smallest absolute Gasteiger partial charge is 0.326 e. The van der Waals surface area contributed by atoms with Crippen molar-refractivity contribution in [3.8, 4) is 0 Å². The molecule has 1 saturated heterocycles. The van der Waals surface area contributed by atoms with Crippen LogP contribution in [0.15, 0.2) is 24.3 Å². The summed E-state index contributed by atoms with van der Waals surface area (Å²) >= 11 is 5.94. The summed E-state index contributed by atoms with van der Waals surface area (Å²) < 4.78 is 4.95. The van der Waals surface area contributed by atoms with Gasteiger partial charge >= 0.3 is 12.0 Å². The summed E-state index contributed by atoms with van der Waals surface area (Å²) in [6.07, 6.45) is 3.27. The van der Waals surface area contributed by atoms with Crippen LogP contribution in [-0.4, -0.2) is 47.3 Å². The lowest BCUT2D eigenvalue weighted by Gasteiger charge is -2.36. The summed E-state index contributed by atoms with van der Waals surface area (Å²) in [4.78, 5) is 50.1. The third kappa shape index (κ3) is 3.69. The molecule has 0 aromatic heterocycles. The number of carbonyl (C=O) groups excluding carboxylic acids is 4. The normalized spacial score (nSPS) is 24.8. The molecular formula is C19H21ClN2O5. The molecule has 0 unspecified atom stereocenters. The van der Waals surface area contributed by atoms with Crippen LogP contribution in [-0.2, 0) is 14.3 Å². The molecule has 2 fully saturated rings. The minimum atomic E-state index is -0.928. The first-order valence-electron chi connectivity index (χ1n) is 8.92. The van der Waals surface area contributed by atoms with Crippen molar-refractivity contribution in [2.75, 3.05) is 13.2 Å². The summed E-state index contributed by atoms with van der Waals surface area (Å²) in [5.74, 6) is -1.66. The van der Waals surface area contributed by atoms with Gasteiger partial charge in [0.2, 0.25) is 5.78 Å². The lowest BCUT2D eigenvalue weighted by Crippen LogP contribution is -2.54. The Labute approximate surface area is 162 Å². The number of ketones is 1. The number of esters is 1. The molecule has 2 atom stereocenters. The van der Waals surface area contributed by atoms with Gasteiger partial charge in [-0.15, -0.1) is 0 Å². The second-order valence-electron chi connectivity index (χ2n) is 7.00. The molecule has 3 rings (SSSR count). The largest absolute Gasteiger partial charge is 0.456 e. The summed E-state index contributed by atoms with van der Waals surface area (Å²) in [5, 5.41) is 3.03. The van der Waals surface area contributed by atoms with Gasteiger partial charge in [-0.05, 0) is 30.9 Å². The minimum absolute atomic E-state index is 0.00511. The summed E-state index contributed by atoms with van der Waals surface area (Å²) in [6.45, 7) is 0.907. The van der Waals surface area contributed by atoms with Crippen molar-refractivity contribution in [3.63, 3.8) is 0 Å². The van der Waals surface area contributed by atoms with Gasteiger partial charge in [0.15, 0.2) is 6.61 Å². The zero-order valence-electron chi connectivity index (χ0n) is 15.0. The maximum Gasteiger partial charge on any atom is 0.326 e. The SMILES string of the molecule is C[C@H]1CCCC[C@]12NC(=O)N(CC(=O)OCC(=O)c1ccccc1Cl)C2=O. The van der Waals surface area contributed by atoms with E-state index in [-0.39, 0.29) is 16.5 Å². The molecule has 8 heteroatoms. The van der Waals surface area contributed by atoms with Crippen molar-refractivity contribution in [1.29, 1.82) is 0 Å². The van der Waals surface area contributed by atoms with E-state index in [4.69, 9.17) is 16.3 Å². The highest BCUT2D eigenvalue weighted by Crippen LogP contribution is 2.38. The number of nitrogens with zero attached hydrogens (tertiary/aromatic N) is 1. The molecule has 0 radical (unpaired) electrons. The number of hydrogen-bond acceptors (Lipinski definition) is 5. The molecule has 2 aliphatic rings. The third-order valence-electron chi connectivity index (χ3n) is 5.33. The first-order valence-corrected chi connectivity index (χ1v) is 9.30. The Hall–Kier alpha value is -2.41. The van der Waals surface area contributed by atoms with Crippen LogP contribution in [0.2, 0.25) is 5.02 Å². The van der Waals surface area contributed by atoms with E-state index < -0.39 is 42.4 Å². The number of urea groups is 1. The van der Waals surface area contributed by atoms with E-state index in [1.54, 1.807) is 18.2 Å². The number of nitrogens with one attached hydrogen (secondary N) is 1. The molecule has 7 nitrogen and oxygen atoms in total. The van der Waals surface area contributed by atoms with Crippen molar-refractivity contribution in [1.82, 2.24) is 10.2 Å². The van der Waals surface area contributed by atoms with Crippen molar-refractivity contribution in [2.45, 2.75) is 38.1 Å². The van der Waals surface area contributed by atoms with E-state index in [9.17, 15) is 19.2 Å². The van der Waals surface area contributed by atoms with Gasteiger partial charge in [0.1, 0.15) is 12.1 Å². The van der Waals surface area contributed by atoms with Crippen molar-refractivity contribution < 1.29 is 23.9 Å². The van der Waals surface area contributed by atoms with Gasteiger partial charge in [-0.3, -0.25) is 19.3 Å². The van der Waals surface area contributed by atoms with Crippen LogP contribution in [0.4, 0.5) is 4.79 Å². The Morgan fingerprint density at radius 1 is 1.30 bits per heavy atom. The highest BCUT2D eigenvalue weighted by atomic mass is 35.5. The lowest BCUT2D eigenvalue weighted by molar-refractivity contribution is -0.147. The maximum absolute atomic E-state index is 12.8. The predicted molar refractivity (Wildman–Crippen MR) is 97.3 cm³/mol. The first kappa shape index (κ1) is 19.4. The van der Waals surface area contributed by atoms with Gasteiger partial charge in [0.05, 0.1) is 5.02 Å². The van der Waals surface area contributed by atoms with Gasteiger partial charge in [-0.2, -0.15) is 0 Å². The highest BCUT2D eigenvalue weighted by molar-refractivity contribution is 6.34. The second-order valence-corrected chi connectivity index (χ2v) is 7.41. The molecule has 0 bridgehead atoms. The van der Waals surface area contributed by atoms with Crippen LogP contribution in [0.1, 0.15) is 43.0 Å². The van der Waals surface area contributed by atoms with Gasteiger partial charge < -0.3 is 10.1 Å². The maximum atomic E-state index is 12.8. The predicted octanol–water partition coefficient (Wildman–Crippen LogP) is 2.57. The molecule has 1 N–H and O–H groups in total. The molecular weight excluding hydrogens is 372 g/mol. The van der Waals surface area contributed by atoms with Crippen LogP contribution < -0.4 is 5.32 Å². The Balaban J connectivity index is 1.59. The third-order valence-corrected chi connectivity index (χ3v) is 5.66. The zero-order valence-corrected chi connectivity index (χ0v) is 15.8. The molecule has 1 aromatic carbocycles. The van der Waals surface area contributed by atoms with Crippen LogP contribution in [0.5, 0.6) is 0 Å². The number of rotatable bonds is 5. The Morgan fingerprint density at radius 2 is 2.04 bits per heavy atom. The summed E-state index contributed by atoms with van der Waals surface area (Å²) in [7, 11) is 0. The number of hydrogen-bond donors (Lipinski definition) is 1. The van der Waals surface area contributed by atoms with E-state index in [0.717, 1.165) is 24.2 Å². The first-order chi connectivity index (χ1) is 12.8. The van der Waals surface area contributed by atoms with E-state index in [1.807, 2.05) is 6.92 Å². The van der Waals surface area contributed by atoms with E-state index in [0.29, 0.717) is 6.42 Å². The fourth-order valence-electron chi connectivity index (χ4n) is 3.72. The Morgan fingerprint density at radius 3 is 2.74 bits per heavy atom. The molecule has 1 aliphatic carbocycles. The number of amides is 3. The topological polar surface area (TPSA) is 92.8 Å². The Kier molecular flexibility index (Phi) is 5.51. The van der Waals surface area contributed by atoms with E-state index in [1.165, 1.54) is 6.07 Å². The fraction of sp³-hybridized carbons (Fsp3) is 0.474. The molecule has 3 amide bonds. The van der Waals surface area contributed by atoms with E-state index in [2.05, 4.69) is 5.32 Å². The number of ether oxygens (including phenoxy) is 1. The minimum Gasteiger partial charge on any atom is -0.456 e. The van der Waals surface area contributed by atoms with Crippen LogP contribution in [0, 0.1) is 5.92 Å². The van der Waals surface area contributed by atoms with Crippen LogP contribution >= 0.6 is 11.6 Å². The zero-order chi connectivity index (χ0) is 19.6. The molecule has 144 valence electrons. The monoisotopic (exact) mass is 392 g/mol. The van der Waals surface area contributed by atoms with Crippen molar-refractivity contribution in [3.05, 3.63) is 34.9 Å². The lowest BCUT2D eigenvalue weighted by atomic mass is 9.73. The second kappa shape index (κ2) is 7.68. The molecule has 1 saturated carbocycles. The average Bonchev–Trinajstić information content (AvgIpc) is 2.87. The fourth-order valence-corrected chi connectivity index (χ4v) is 3.97. The molecule has 1 aliphatic heterocycles. The van der Waals surface area contributed by atoms with Crippen LogP contribution in [0.25, 0.3) is 0 Å². The highest BCUT2D eigenvalue weighted by Gasteiger charge is 2.55. The number of halogens is 1. The summed E-state index contributed by atoms with van der Waals surface area (Å²) in [5.41, 5.74) is -0.680. The van der Waals surface area contributed by atoms with Gasteiger partial charge in [0, 0.05) is 5.56 Å². The van der Waals surface area contributed by atoms with Crippen molar-refractivity contribution in [2.24, 2.45) is 5.92 Å².